The van der Waals surface area contributed by atoms with Gasteiger partial charge in [-0.05, 0) is 12.8 Å². The standard InChI is InChI=1S/C10H17N3O/c11-7-10(9-12-8-13-14-9)5-3-1-2-4-6-10/h8H,1-7,11H2. The van der Waals surface area contributed by atoms with Crippen molar-refractivity contribution < 1.29 is 4.52 Å². The minimum Gasteiger partial charge on any atom is -0.339 e. The maximum Gasteiger partial charge on any atom is 0.233 e. The molecule has 14 heavy (non-hydrogen) atoms. The lowest BCUT2D eigenvalue weighted by Crippen LogP contribution is -2.35. The van der Waals surface area contributed by atoms with Crippen molar-refractivity contribution in [3.8, 4) is 0 Å². The highest BCUT2D eigenvalue weighted by Crippen LogP contribution is 2.36. The van der Waals surface area contributed by atoms with Crippen molar-refractivity contribution >= 4 is 0 Å². The fraction of sp³-hybridized carbons (Fsp3) is 0.800. The summed E-state index contributed by atoms with van der Waals surface area (Å²) in [4.78, 5) is 4.17. The van der Waals surface area contributed by atoms with Gasteiger partial charge in [-0.15, -0.1) is 0 Å². The monoisotopic (exact) mass is 195 g/mol. The van der Waals surface area contributed by atoms with E-state index in [1.54, 1.807) is 0 Å². The van der Waals surface area contributed by atoms with Gasteiger partial charge in [0, 0.05) is 6.54 Å². The Morgan fingerprint density at radius 1 is 1.29 bits per heavy atom. The van der Waals surface area contributed by atoms with E-state index in [0.717, 1.165) is 18.7 Å². The van der Waals surface area contributed by atoms with E-state index in [4.69, 9.17) is 10.3 Å². The first-order chi connectivity index (χ1) is 6.87. The van der Waals surface area contributed by atoms with Gasteiger partial charge < -0.3 is 10.3 Å². The Balaban J connectivity index is 2.23. The van der Waals surface area contributed by atoms with Crippen LogP contribution in [0.25, 0.3) is 0 Å². The highest BCUT2D eigenvalue weighted by Gasteiger charge is 2.36. The Kier molecular flexibility index (Phi) is 2.82. The summed E-state index contributed by atoms with van der Waals surface area (Å²) in [5.74, 6) is 0.738. The highest BCUT2D eigenvalue weighted by atomic mass is 16.5. The van der Waals surface area contributed by atoms with Crippen LogP contribution in [0.1, 0.15) is 44.4 Å². The van der Waals surface area contributed by atoms with Crippen molar-refractivity contribution in [3.05, 3.63) is 12.2 Å². The van der Waals surface area contributed by atoms with E-state index in [-0.39, 0.29) is 5.41 Å². The molecular formula is C10H17N3O. The molecule has 0 radical (unpaired) electrons. The smallest absolute Gasteiger partial charge is 0.233 e. The molecule has 0 atom stereocenters. The van der Waals surface area contributed by atoms with Gasteiger partial charge in [0.05, 0.1) is 5.41 Å². The molecule has 1 aromatic heterocycles. The molecule has 0 amide bonds. The number of aromatic nitrogens is 2. The van der Waals surface area contributed by atoms with Gasteiger partial charge in [0.2, 0.25) is 5.89 Å². The molecule has 1 fully saturated rings. The third kappa shape index (κ3) is 1.66. The quantitative estimate of drug-likeness (QED) is 0.728. The number of hydrogen-bond donors (Lipinski definition) is 1. The molecule has 1 saturated carbocycles. The van der Waals surface area contributed by atoms with Crippen LogP contribution in [0.2, 0.25) is 0 Å². The largest absolute Gasteiger partial charge is 0.339 e. The van der Waals surface area contributed by atoms with Gasteiger partial charge in [-0.3, -0.25) is 0 Å². The zero-order chi connectivity index (χ0) is 9.86. The predicted molar refractivity (Wildman–Crippen MR) is 52.7 cm³/mol. The van der Waals surface area contributed by atoms with Crippen molar-refractivity contribution in [1.29, 1.82) is 0 Å². The van der Waals surface area contributed by atoms with Gasteiger partial charge in [-0.2, -0.15) is 4.98 Å². The Hall–Kier alpha value is -0.900. The fourth-order valence-corrected chi connectivity index (χ4v) is 2.32. The normalized spacial score (nSPS) is 21.8. The Labute approximate surface area is 83.9 Å². The average Bonchev–Trinajstić information content (AvgIpc) is 2.64. The van der Waals surface area contributed by atoms with E-state index in [9.17, 15) is 0 Å². The van der Waals surface area contributed by atoms with Crippen LogP contribution in [0.5, 0.6) is 0 Å². The number of hydrogen-bond acceptors (Lipinski definition) is 4. The lowest BCUT2D eigenvalue weighted by molar-refractivity contribution is 0.256. The first-order valence-corrected chi connectivity index (χ1v) is 5.35. The molecule has 1 aliphatic carbocycles. The van der Waals surface area contributed by atoms with E-state index in [0.29, 0.717) is 6.54 Å². The van der Waals surface area contributed by atoms with Crippen LogP contribution in [0.4, 0.5) is 0 Å². The molecule has 4 nitrogen and oxygen atoms in total. The van der Waals surface area contributed by atoms with Crippen LogP contribution in [0.3, 0.4) is 0 Å². The summed E-state index contributed by atoms with van der Waals surface area (Å²) in [6, 6.07) is 0. The van der Waals surface area contributed by atoms with Crippen molar-refractivity contribution in [2.75, 3.05) is 6.54 Å². The SMILES string of the molecule is NCC1(c2ncno2)CCCCCC1. The zero-order valence-electron chi connectivity index (χ0n) is 8.41. The summed E-state index contributed by atoms with van der Waals surface area (Å²) < 4.78 is 5.18. The Morgan fingerprint density at radius 2 is 2.00 bits per heavy atom. The summed E-state index contributed by atoms with van der Waals surface area (Å²) in [7, 11) is 0. The van der Waals surface area contributed by atoms with Crippen LogP contribution in [0, 0.1) is 0 Å². The van der Waals surface area contributed by atoms with Gasteiger partial charge in [0.25, 0.3) is 0 Å². The van der Waals surface area contributed by atoms with E-state index < -0.39 is 0 Å². The van der Waals surface area contributed by atoms with E-state index in [2.05, 4.69) is 10.1 Å². The summed E-state index contributed by atoms with van der Waals surface area (Å²) in [6.45, 7) is 0.620. The summed E-state index contributed by atoms with van der Waals surface area (Å²) >= 11 is 0. The molecule has 0 spiro atoms. The second-order valence-corrected chi connectivity index (χ2v) is 4.15. The second-order valence-electron chi connectivity index (χ2n) is 4.15. The predicted octanol–water partition coefficient (Wildman–Crippen LogP) is 1.62. The third-order valence-corrected chi connectivity index (χ3v) is 3.27. The first-order valence-electron chi connectivity index (χ1n) is 5.35. The van der Waals surface area contributed by atoms with Crippen LogP contribution in [-0.4, -0.2) is 16.7 Å². The number of nitrogens with zero attached hydrogens (tertiary/aromatic N) is 2. The molecule has 2 rings (SSSR count). The van der Waals surface area contributed by atoms with E-state index in [1.165, 1.54) is 32.0 Å². The van der Waals surface area contributed by atoms with Gasteiger partial charge >= 0.3 is 0 Å². The maximum atomic E-state index is 5.87. The average molecular weight is 195 g/mol. The zero-order valence-corrected chi connectivity index (χ0v) is 8.41. The lowest BCUT2D eigenvalue weighted by atomic mass is 9.80. The van der Waals surface area contributed by atoms with Crippen LogP contribution >= 0.6 is 0 Å². The highest BCUT2D eigenvalue weighted by molar-refractivity contribution is 5.05. The maximum absolute atomic E-state index is 5.87. The van der Waals surface area contributed by atoms with Crippen molar-refractivity contribution in [2.45, 2.75) is 43.9 Å². The van der Waals surface area contributed by atoms with Gasteiger partial charge in [0.15, 0.2) is 6.33 Å². The van der Waals surface area contributed by atoms with Crippen molar-refractivity contribution in [1.82, 2.24) is 10.1 Å². The molecule has 0 bridgehead atoms. The van der Waals surface area contributed by atoms with Crippen LogP contribution < -0.4 is 5.73 Å². The topological polar surface area (TPSA) is 64.9 Å². The van der Waals surface area contributed by atoms with Crippen molar-refractivity contribution in [2.24, 2.45) is 5.73 Å². The lowest BCUT2D eigenvalue weighted by Gasteiger charge is -2.26. The molecule has 0 saturated heterocycles. The van der Waals surface area contributed by atoms with Gasteiger partial charge in [0.1, 0.15) is 0 Å². The van der Waals surface area contributed by atoms with E-state index >= 15 is 0 Å². The molecule has 78 valence electrons. The minimum absolute atomic E-state index is 0.0347. The molecule has 0 aromatic carbocycles. The second kappa shape index (κ2) is 4.09. The molecule has 0 aliphatic heterocycles. The van der Waals surface area contributed by atoms with E-state index in [1.807, 2.05) is 0 Å². The molecule has 1 aromatic rings. The summed E-state index contributed by atoms with van der Waals surface area (Å²) in [6.07, 6.45) is 8.69. The van der Waals surface area contributed by atoms with Crippen molar-refractivity contribution in [3.63, 3.8) is 0 Å². The molecule has 0 unspecified atom stereocenters. The Morgan fingerprint density at radius 3 is 2.50 bits per heavy atom. The molecule has 2 N–H and O–H groups in total. The molecule has 4 heteroatoms. The van der Waals surface area contributed by atoms with Crippen LogP contribution in [0.15, 0.2) is 10.9 Å². The number of nitrogens with two attached hydrogens (primary N) is 1. The van der Waals surface area contributed by atoms with Crippen LogP contribution in [-0.2, 0) is 5.41 Å². The fourth-order valence-electron chi connectivity index (χ4n) is 2.32. The summed E-state index contributed by atoms with van der Waals surface area (Å²) in [5, 5.41) is 3.68. The molecular weight excluding hydrogens is 178 g/mol. The van der Waals surface area contributed by atoms with Gasteiger partial charge in [-0.1, -0.05) is 30.8 Å². The third-order valence-electron chi connectivity index (χ3n) is 3.27. The van der Waals surface area contributed by atoms with Gasteiger partial charge in [-0.25, -0.2) is 0 Å². The first kappa shape index (κ1) is 9.65. The number of rotatable bonds is 2. The summed E-state index contributed by atoms with van der Waals surface area (Å²) in [5.41, 5.74) is 5.84. The minimum atomic E-state index is -0.0347. The molecule has 1 heterocycles. The molecule has 1 aliphatic rings. The Bertz CT molecular complexity index is 263.